The van der Waals surface area contributed by atoms with Crippen LogP contribution in [-0.4, -0.2) is 48.0 Å². The van der Waals surface area contributed by atoms with Crippen molar-refractivity contribution in [2.24, 2.45) is 0 Å². The monoisotopic (exact) mass is 342 g/mol. The zero-order chi connectivity index (χ0) is 18.0. The topological polar surface area (TPSA) is 78.7 Å². The van der Waals surface area contributed by atoms with Gasteiger partial charge < -0.3 is 14.3 Å². The SMILES string of the molecule is Cc1cc(NC(=O)C(=O)N2CCN(c3cccc(C)c3C)CC2)no1. The Balaban J connectivity index is 1.59. The number of carbonyl (C=O) groups is 2. The van der Waals surface area contributed by atoms with E-state index >= 15 is 0 Å². The lowest BCUT2D eigenvalue weighted by atomic mass is 10.1. The number of hydrogen-bond acceptors (Lipinski definition) is 5. The van der Waals surface area contributed by atoms with Crippen molar-refractivity contribution >= 4 is 23.3 Å². The number of amides is 2. The highest BCUT2D eigenvalue weighted by Gasteiger charge is 2.27. The summed E-state index contributed by atoms with van der Waals surface area (Å²) in [4.78, 5) is 28.2. The minimum atomic E-state index is -0.687. The van der Waals surface area contributed by atoms with Crippen molar-refractivity contribution in [1.29, 1.82) is 0 Å². The maximum absolute atomic E-state index is 12.3. The van der Waals surface area contributed by atoms with Gasteiger partial charge in [-0.15, -0.1) is 0 Å². The average molecular weight is 342 g/mol. The maximum Gasteiger partial charge on any atom is 0.315 e. The maximum atomic E-state index is 12.3. The number of carbonyl (C=O) groups excluding carboxylic acids is 2. The standard InChI is InChI=1S/C18H22N4O3/c1-12-5-4-6-15(14(12)3)21-7-9-22(10-8-21)18(24)17(23)19-16-11-13(2)25-20-16/h4-6,11H,7-10H2,1-3H3,(H,19,20,23). The van der Waals surface area contributed by atoms with Crippen LogP contribution in [0.15, 0.2) is 28.8 Å². The zero-order valence-electron chi connectivity index (χ0n) is 14.7. The summed E-state index contributed by atoms with van der Waals surface area (Å²) < 4.78 is 4.88. The van der Waals surface area contributed by atoms with E-state index in [0.29, 0.717) is 31.9 Å². The molecule has 7 heteroatoms. The van der Waals surface area contributed by atoms with Crippen LogP contribution >= 0.6 is 0 Å². The lowest BCUT2D eigenvalue weighted by Crippen LogP contribution is -2.51. The Bertz CT molecular complexity index is 791. The molecular weight excluding hydrogens is 320 g/mol. The molecule has 1 aliphatic rings. The van der Waals surface area contributed by atoms with Crippen molar-refractivity contribution in [3.8, 4) is 0 Å². The molecule has 0 spiro atoms. The molecule has 3 rings (SSSR count). The normalized spacial score (nSPS) is 14.5. The summed E-state index contributed by atoms with van der Waals surface area (Å²) in [6.45, 7) is 8.34. The third-order valence-corrected chi connectivity index (χ3v) is 4.55. The number of anilines is 2. The molecule has 0 unspecified atom stereocenters. The second kappa shape index (κ2) is 6.96. The van der Waals surface area contributed by atoms with E-state index in [1.807, 2.05) is 6.07 Å². The van der Waals surface area contributed by atoms with Crippen LogP contribution in [0.2, 0.25) is 0 Å². The van der Waals surface area contributed by atoms with Crippen molar-refractivity contribution in [1.82, 2.24) is 10.1 Å². The summed E-state index contributed by atoms with van der Waals surface area (Å²) in [6.07, 6.45) is 0. The van der Waals surface area contributed by atoms with E-state index in [9.17, 15) is 9.59 Å². The first-order chi connectivity index (χ1) is 12.0. The molecule has 1 N–H and O–H groups in total. The Morgan fingerprint density at radius 2 is 1.84 bits per heavy atom. The van der Waals surface area contributed by atoms with E-state index in [2.05, 4.69) is 41.4 Å². The fourth-order valence-electron chi connectivity index (χ4n) is 2.97. The predicted octanol–water partition coefficient (Wildman–Crippen LogP) is 1.89. The Kier molecular flexibility index (Phi) is 4.74. The van der Waals surface area contributed by atoms with Crippen LogP contribution in [0.4, 0.5) is 11.5 Å². The number of aromatic nitrogens is 1. The number of benzene rings is 1. The van der Waals surface area contributed by atoms with Crippen LogP contribution in [0.25, 0.3) is 0 Å². The highest BCUT2D eigenvalue weighted by molar-refractivity contribution is 6.39. The molecule has 1 fully saturated rings. The van der Waals surface area contributed by atoms with Gasteiger partial charge in [0.05, 0.1) is 0 Å². The smallest absolute Gasteiger partial charge is 0.315 e. The van der Waals surface area contributed by atoms with Crippen LogP contribution in [0, 0.1) is 20.8 Å². The lowest BCUT2D eigenvalue weighted by molar-refractivity contribution is -0.143. The number of rotatable bonds is 2. The van der Waals surface area contributed by atoms with Gasteiger partial charge in [-0.1, -0.05) is 17.3 Å². The molecule has 1 aliphatic heterocycles. The largest absolute Gasteiger partial charge is 0.368 e. The highest BCUT2D eigenvalue weighted by atomic mass is 16.5. The molecule has 1 saturated heterocycles. The van der Waals surface area contributed by atoms with E-state index in [1.165, 1.54) is 16.8 Å². The van der Waals surface area contributed by atoms with Crippen LogP contribution < -0.4 is 10.2 Å². The number of hydrogen-bond donors (Lipinski definition) is 1. The Labute approximate surface area is 146 Å². The molecule has 0 aliphatic carbocycles. The third-order valence-electron chi connectivity index (χ3n) is 4.55. The summed E-state index contributed by atoms with van der Waals surface area (Å²) >= 11 is 0. The molecule has 2 amide bonds. The van der Waals surface area contributed by atoms with E-state index in [4.69, 9.17) is 4.52 Å². The lowest BCUT2D eigenvalue weighted by Gasteiger charge is -2.36. The summed E-state index contributed by atoms with van der Waals surface area (Å²) in [6, 6.07) is 7.81. The molecule has 25 heavy (non-hydrogen) atoms. The third kappa shape index (κ3) is 3.65. The van der Waals surface area contributed by atoms with Gasteiger partial charge in [0.25, 0.3) is 0 Å². The Morgan fingerprint density at radius 3 is 2.48 bits per heavy atom. The second-order valence-electron chi connectivity index (χ2n) is 6.28. The molecule has 0 atom stereocenters. The molecule has 7 nitrogen and oxygen atoms in total. The molecule has 1 aromatic carbocycles. The molecule has 0 bridgehead atoms. The van der Waals surface area contributed by atoms with E-state index < -0.39 is 11.8 Å². The molecule has 132 valence electrons. The minimum absolute atomic E-state index is 0.255. The molecule has 0 radical (unpaired) electrons. The second-order valence-corrected chi connectivity index (χ2v) is 6.28. The fourth-order valence-corrected chi connectivity index (χ4v) is 2.97. The molecule has 2 aromatic rings. The minimum Gasteiger partial charge on any atom is -0.368 e. The van der Waals surface area contributed by atoms with Gasteiger partial charge in [-0.2, -0.15) is 0 Å². The van der Waals surface area contributed by atoms with Crippen molar-refractivity contribution in [2.75, 3.05) is 36.4 Å². The van der Waals surface area contributed by atoms with Crippen molar-refractivity contribution in [2.45, 2.75) is 20.8 Å². The van der Waals surface area contributed by atoms with Gasteiger partial charge in [-0.25, -0.2) is 0 Å². The van der Waals surface area contributed by atoms with E-state index in [1.54, 1.807) is 17.9 Å². The van der Waals surface area contributed by atoms with Gasteiger partial charge in [-0.05, 0) is 38.0 Å². The summed E-state index contributed by atoms with van der Waals surface area (Å²) in [5, 5.41) is 6.14. The number of aryl methyl sites for hydroxylation is 2. The molecule has 1 aromatic heterocycles. The van der Waals surface area contributed by atoms with E-state index in [-0.39, 0.29) is 5.82 Å². The van der Waals surface area contributed by atoms with Crippen LogP contribution in [0.5, 0.6) is 0 Å². The van der Waals surface area contributed by atoms with Gasteiger partial charge in [0.2, 0.25) is 0 Å². The molecule has 0 saturated carbocycles. The fraction of sp³-hybridized carbons (Fsp3) is 0.389. The predicted molar refractivity (Wildman–Crippen MR) is 94.6 cm³/mol. The van der Waals surface area contributed by atoms with Gasteiger partial charge in [-0.3, -0.25) is 14.9 Å². The summed E-state index contributed by atoms with van der Waals surface area (Å²) in [7, 11) is 0. The molecular formula is C18H22N4O3. The Morgan fingerprint density at radius 1 is 1.12 bits per heavy atom. The van der Waals surface area contributed by atoms with Crippen molar-refractivity contribution in [3.05, 3.63) is 41.2 Å². The first-order valence-electron chi connectivity index (χ1n) is 8.30. The molecule has 2 heterocycles. The van der Waals surface area contributed by atoms with Gasteiger partial charge in [0, 0.05) is 37.9 Å². The number of piperazine rings is 1. The summed E-state index contributed by atoms with van der Waals surface area (Å²) in [5.74, 6) is -0.399. The van der Waals surface area contributed by atoms with Gasteiger partial charge >= 0.3 is 11.8 Å². The first kappa shape index (κ1) is 17.0. The van der Waals surface area contributed by atoms with Crippen LogP contribution in [0.3, 0.4) is 0 Å². The number of nitrogens with one attached hydrogen (secondary N) is 1. The quantitative estimate of drug-likeness (QED) is 0.843. The van der Waals surface area contributed by atoms with Crippen LogP contribution in [-0.2, 0) is 9.59 Å². The average Bonchev–Trinajstić information content (AvgIpc) is 3.01. The van der Waals surface area contributed by atoms with E-state index in [0.717, 1.165) is 0 Å². The first-order valence-corrected chi connectivity index (χ1v) is 8.30. The number of nitrogens with zero attached hydrogens (tertiary/aromatic N) is 3. The van der Waals surface area contributed by atoms with Crippen molar-refractivity contribution < 1.29 is 14.1 Å². The summed E-state index contributed by atoms with van der Waals surface area (Å²) in [5.41, 5.74) is 3.69. The van der Waals surface area contributed by atoms with Gasteiger partial charge in [0.15, 0.2) is 5.82 Å². The Hall–Kier alpha value is -2.83. The van der Waals surface area contributed by atoms with Gasteiger partial charge in [0.1, 0.15) is 5.76 Å². The van der Waals surface area contributed by atoms with Crippen molar-refractivity contribution in [3.63, 3.8) is 0 Å². The highest BCUT2D eigenvalue weighted by Crippen LogP contribution is 2.23. The zero-order valence-corrected chi connectivity index (χ0v) is 14.7. The van der Waals surface area contributed by atoms with Crippen LogP contribution in [0.1, 0.15) is 16.9 Å².